The highest BCUT2D eigenvalue weighted by atomic mass is 32.2. The van der Waals surface area contributed by atoms with Crippen LogP contribution < -0.4 is 24.3 Å². The van der Waals surface area contributed by atoms with Crippen LogP contribution in [-0.2, 0) is 11.3 Å². The fraction of sp³-hybridized carbons (Fsp3) is 0.346. The number of thiazole rings is 1. The smallest absolute Gasteiger partial charge is 0.497 e. The van der Waals surface area contributed by atoms with Gasteiger partial charge in [-0.2, -0.15) is 16.8 Å². The molecule has 1 heterocycles. The van der Waals surface area contributed by atoms with Gasteiger partial charge in [0.1, 0.15) is 17.2 Å². The van der Waals surface area contributed by atoms with E-state index in [9.17, 15) is 22.8 Å². The zero-order valence-corrected chi connectivity index (χ0v) is 23.2. The topological polar surface area (TPSA) is 91.1 Å². The molecule has 0 saturated heterocycles. The second-order valence-corrected chi connectivity index (χ2v) is 9.88. The Morgan fingerprint density at radius 2 is 1.79 bits per heavy atom. The van der Waals surface area contributed by atoms with E-state index in [0.717, 1.165) is 5.75 Å². The third-order valence-corrected chi connectivity index (χ3v) is 6.91. The number of methoxy groups -OCH3 is 2. The Labute approximate surface area is 231 Å². The molecule has 3 rings (SSSR count). The van der Waals surface area contributed by atoms with Gasteiger partial charge in [-0.05, 0) is 54.6 Å². The Morgan fingerprint density at radius 1 is 1.08 bits per heavy atom. The fourth-order valence-electron chi connectivity index (χ4n) is 3.56. The lowest BCUT2D eigenvalue weighted by Gasteiger charge is -2.12. The lowest BCUT2D eigenvalue weighted by atomic mass is 10.1. The minimum absolute atomic E-state index is 0.0492. The molecule has 13 heteroatoms. The van der Waals surface area contributed by atoms with Gasteiger partial charge in [0.2, 0.25) is 5.91 Å². The molecule has 0 aliphatic heterocycles. The number of amides is 2. The van der Waals surface area contributed by atoms with Gasteiger partial charge in [0.15, 0.2) is 4.80 Å². The van der Waals surface area contributed by atoms with Crippen molar-refractivity contribution < 1.29 is 37.0 Å². The summed E-state index contributed by atoms with van der Waals surface area (Å²) < 4.78 is 54.0. The third kappa shape index (κ3) is 8.79. The van der Waals surface area contributed by atoms with Crippen molar-refractivity contribution in [2.75, 3.05) is 32.8 Å². The molecule has 3 aromatic rings. The Hall–Kier alpha value is -3.45. The summed E-state index contributed by atoms with van der Waals surface area (Å²) in [5.74, 6) is 0.632. The maximum Gasteiger partial charge on any atom is 0.573 e. The van der Waals surface area contributed by atoms with Crippen LogP contribution in [-0.4, -0.2) is 55.5 Å². The zero-order chi connectivity index (χ0) is 28.4. The number of benzene rings is 2. The van der Waals surface area contributed by atoms with Gasteiger partial charge >= 0.3 is 6.36 Å². The van der Waals surface area contributed by atoms with E-state index < -0.39 is 12.3 Å². The molecule has 0 bridgehead atoms. The monoisotopic (exact) mass is 583 g/mol. The second kappa shape index (κ2) is 14.1. The first kappa shape index (κ1) is 30.1. The van der Waals surface area contributed by atoms with Crippen molar-refractivity contribution >= 4 is 34.9 Å². The molecule has 2 amide bonds. The number of aromatic nitrogens is 1. The molecular weight excluding hydrogens is 555 g/mol. The van der Waals surface area contributed by atoms with E-state index >= 15 is 0 Å². The molecule has 0 unspecified atom stereocenters. The largest absolute Gasteiger partial charge is 0.573 e. The van der Waals surface area contributed by atoms with E-state index in [2.05, 4.69) is 15.0 Å². The quantitative estimate of drug-likeness (QED) is 0.297. The number of thioether (sulfide) groups is 1. The number of ether oxygens (including phenoxy) is 3. The number of halogens is 3. The SMILES string of the molecule is COc1ccc(C(=O)N=c2scc(-c3ccc(OC(F)(F)F)cc3)n2CCCNC(=O)CCSC)c(OC)c1. The van der Waals surface area contributed by atoms with Crippen LogP contribution >= 0.6 is 23.1 Å². The summed E-state index contributed by atoms with van der Waals surface area (Å²) in [7, 11) is 2.94. The average molecular weight is 584 g/mol. The lowest BCUT2D eigenvalue weighted by molar-refractivity contribution is -0.274. The number of nitrogens with one attached hydrogen (secondary N) is 1. The van der Waals surface area contributed by atoms with Crippen LogP contribution in [0.2, 0.25) is 0 Å². The van der Waals surface area contributed by atoms with Gasteiger partial charge in [-0.25, -0.2) is 0 Å². The van der Waals surface area contributed by atoms with E-state index in [0.29, 0.717) is 53.5 Å². The molecule has 1 N–H and O–H groups in total. The van der Waals surface area contributed by atoms with Gasteiger partial charge in [-0.3, -0.25) is 9.59 Å². The van der Waals surface area contributed by atoms with Crippen molar-refractivity contribution in [2.45, 2.75) is 25.7 Å². The molecule has 2 aromatic carbocycles. The molecule has 8 nitrogen and oxygen atoms in total. The summed E-state index contributed by atoms with van der Waals surface area (Å²) >= 11 is 2.80. The fourth-order valence-corrected chi connectivity index (χ4v) is 4.89. The van der Waals surface area contributed by atoms with Gasteiger partial charge in [0.05, 0.1) is 25.5 Å². The predicted octanol–water partition coefficient (Wildman–Crippen LogP) is 5.13. The van der Waals surface area contributed by atoms with Crippen LogP contribution in [0.5, 0.6) is 17.2 Å². The van der Waals surface area contributed by atoms with Crippen molar-refractivity contribution in [3.63, 3.8) is 0 Å². The summed E-state index contributed by atoms with van der Waals surface area (Å²) in [5.41, 5.74) is 1.51. The van der Waals surface area contributed by atoms with Crippen molar-refractivity contribution in [3.05, 3.63) is 58.2 Å². The highest BCUT2D eigenvalue weighted by molar-refractivity contribution is 7.98. The van der Waals surface area contributed by atoms with Crippen molar-refractivity contribution in [1.29, 1.82) is 0 Å². The van der Waals surface area contributed by atoms with Gasteiger partial charge in [0.25, 0.3) is 5.91 Å². The van der Waals surface area contributed by atoms with E-state index in [1.807, 2.05) is 6.26 Å². The predicted molar refractivity (Wildman–Crippen MR) is 144 cm³/mol. The van der Waals surface area contributed by atoms with Crippen LogP contribution in [0, 0.1) is 0 Å². The Kier molecular flexibility index (Phi) is 10.9. The summed E-state index contributed by atoms with van der Waals surface area (Å²) in [6.45, 7) is 0.807. The molecule has 0 aliphatic carbocycles. The second-order valence-electron chi connectivity index (χ2n) is 8.06. The minimum Gasteiger partial charge on any atom is -0.497 e. The number of hydrogen-bond acceptors (Lipinski definition) is 7. The summed E-state index contributed by atoms with van der Waals surface area (Å²) in [6.07, 6.45) is -1.91. The third-order valence-electron chi connectivity index (χ3n) is 5.43. The van der Waals surface area contributed by atoms with Crippen LogP contribution in [0.25, 0.3) is 11.3 Å². The standard InChI is InChI=1S/C26H28F3N3O5S2/c1-35-19-9-10-20(22(15-19)36-2)24(34)31-25-32(13-4-12-30-23(33)11-14-38-3)21(16-39-25)17-5-7-18(8-6-17)37-26(27,28)29/h5-10,15-16H,4,11-14H2,1-3H3,(H,30,33). The van der Waals surface area contributed by atoms with Crippen molar-refractivity contribution in [2.24, 2.45) is 4.99 Å². The van der Waals surface area contributed by atoms with E-state index in [1.54, 1.807) is 39.9 Å². The number of carbonyl (C=O) groups is 2. The van der Waals surface area contributed by atoms with E-state index in [1.165, 1.54) is 49.8 Å². The van der Waals surface area contributed by atoms with Gasteiger partial charge in [-0.1, -0.05) is 0 Å². The Bertz CT molecular complexity index is 1340. The first-order valence-electron chi connectivity index (χ1n) is 11.8. The van der Waals surface area contributed by atoms with Crippen LogP contribution in [0.1, 0.15) is 23.2 Å². The maximum absolute atomic E-state index is 13.1. The average Bonchev–Trinajstić information content (AvgIpc) is 3.30. The van der Waals surface area contributed by atoms with Gasteiger partial charge < -0.3 is 24.1 Å². The van der Waals surface area contributed by atoms with E-state index in [-0.39, 0.29) is 17.2 Å². The highest BCUT2D eigenvalue weighted by Crippen LogP contribution is 2.28. The number of rotatable bonds is 12. The highest BCUT2D eigenvalue weighted by Gasteiger charge is 2.31. The molecule has 1 aromatic heterocycles. The van der Waals surface area contributed by atoms with Crippen LogP contribution in [0.4, 0.5) is 13.2 Å². The minimum atomic E-state index is -4.79. The number of nitrogens with zero attached hydrogens (tertiary/aromatic N) is 2. The molecule has 0 spiro atoms. The lowest BCUT2D eigenvalue weighted by Crippen LogP contribution is -2.27. The molecule has 39 heavy (non-hydrogen) atoms. The summed E-state index contributed by atoms with van der Waals surface area (Å²) in [4.78, 5) is 29.8. The normalized spacial score (nSPS) is 11.8. The molecule has 0 radical (unpaired) electrons. The number of hydrogen-bond donors (Lipinski definition) is 1. The van der Waals surface area contributed by atoms with E-state index in [4.69, 9.17) is 9.47 Å². The number of alkyl halides is 3. The molecule has 0 atom stereocenters. The molecule has 210 valence electrons. The zero-order valence-electron chi connectivity index (χ0n) is 21.5. The van der Waals surface area contributed by atoms with Crippen molar-refractivity contribution in [1.82, 2.24) is 9.88 Å². The van der Waals surface area contributed by atoms with Crippen molar-refractivity contribution in [3.8, 4) is 28.5 Å². The Morgan fingerprint density at radius 3 is 2.44 bits per heavy atom. The van der Waals surface area contributed by atoms with Crippen LogP contribution in [0.15, 0.2) is 52.8 Å². The summed E-state index contributed by atoms with van der Waals surface area (Å²) in [5, 5.41) is 4.64. The van der Waals surface area contributed by atoms with Gasteiger partial charge in [0, 0.05) is 36.7 Å². The molecule has 0 fully saturated rings. The Balaban J connectivity index is 1.91. The first-order chi connectivity index (χ1) is 18.6. The summed E-state index contributed by atoms with van der Waals surface area (Å²) in [6, 6.07) is 10.2. The van der Waals surface area contributed by atoms with Crippen LogP contribution in [0.3, 0.4) is 0 Å². The van der Waals surface area contributed by atoms with Gasteiger partial charge in [-0.15, -0.1) is 24.5 Å². The number of carbonyl (C=O) groups excluding carboxylic acids is 2. The molecule has 0 saturated carbocycles. The molecular formula is C26H28F3N3O5S2. The molecule has 0 aliphatic rings. The first-order valence-corrected chi connectivity index (χ1v) is 14.0. The maximum atomic E-state index is 13.1.